The zero-order valence-corrected chi connectivity index (χ0v) is 13.3. The van der Waals surface area contributed by atoms with Crippen LogP contribution in [0, 0.1) is 12.7 Å². The Morgan fingerprint density at radius 1 is 1.30 bits per heavy atom. The monoisotopic (exact) mass is 319 g/mol. The van der Waals surface area contributed by atoms with Crippen LogP contribution in [0.25, 0.3) is 10.9 Å². The number of aromatic amines is 1. The third kappa shape index (κ3) is 3.38. The van der Waals surface area contributed by atoms with Gasteiger partial charge in [-0.1, -0.05) is 0 Å². The standard InChI is InChI=1S/C17H22FN3O2/c1-12-14(15-10-13(18)2-3-16(15)19-12)11-17(23)21-6-4-20(5-7-21)8-9-22/h2-3,10,19,22H,4-9,11H2,1H3. The number of amides is 1. The third-order valence-electron chi connectivity index (χ3n) is 4.55. The Labute approximate surface area is 134 Å². The maximum Gasteiger partial charge on any atom is 0.227 e. The van der Waals surface area contributed by atoms with Crippen LogP contribution in [-0.2, 0) is 11.2 Å². The highest BCUT2D eigenvalue weighted by Crippen LogP contribution is 2.24. The van der Waals surface area contributed by atoms with Crippen molar-refractivity contribution in [3.63, 3.8) is 0 Å². The molecule has 23 heavy (non-hydrogen) atoms. The number of nitrogens with zero attached hydrogens (tertiary/aromatic N) is 2. The van der Waals surface area contributed by atoms with Gasteiger partial charge in [-0.3, -0.25) is 9.69 Å². The number of benzene rings is 1. The first kappa shape index (κ1) is 16.0. The summed E-state index contributed by atoms with van der Waals surface area (Å²) in [6.45, 7) is 5.64. The number of rotatable bonds is 4. The van der Waals surface area contributed by atoms with E-state index in [0.29, 0.717) is 19.6 Å². The van der Waals surface area contributed by atoms with Gasteiger partial charge in [-0.2, -0.15) is 0 Å². The van der Waals surface area contributed by atoms with E-state index >= 15 is 0 Å². The Kier molecular flexibility index (Phi) is 4.63. The third-order valence-corrected chi connectivity index (χ3v) is 4.55. The van der Waals surface area contributed by atoms with E-state index < -0.39 is 0 Å². The quantitative estimate of drug-likeness (QED) is 0.893. The second-order valence-corrected chi connectivity index (χ2v) is 6.04. The summed E-state index contributed by atoms with van der Waals surface area (Å²) in [5, 5.41) is 9.75. The molecule has 1 fully saturated rings. The fourth-order valence-corrected chi connectivity index (χ4v) is 3.21. The molecule has 0 bridgehead atoms. The van der Waals surface area contributed by atoms with Crippen LogP contribution in [0.1, 0.15) is 11.3 Å². The van der Waals surface area contributed by atoms with Crippen LogP contribution in [0.4, 0.5) is 4.39 Å². The molecule has 2 aromatic rings. The Morgan fingerprint density at radius 3 is 2.74 bits per heavy atom. The molecule has 1 aliphatic rings. The van der Waals surface area contributed by atoms with Crippen molar-refractivity contribution in [1.82, 2.24) is 14.8 Å². The van der Waals surface area contributed by atoms with E-state index in [0.717, 1.165) is 35.2 Å². The number of aliphatic hydroxyl groups excluding tert-OH is 1. The van der Waals surface area contributed by atoms with Crippen LogP contribution < -0.4 is 0 Å². The molecule has 0 saturated carbocycles. The van der Waals surface area contributed by atoms with Gasteiger partial charge in [0.2, 0.25) is 5.91 Å². The molecule has 0 atom stereocenters. The molecule has 0 radical (unpaired) electrons. The first-order valence-corrected chi connectivity index (χ1v) is 7.96. The van der Waals surface area contributed by atoms with Gasteiger partial charge in [0.15, 0.2) is 0 Å². The van der Waals surface area contributed by atoms with Crippen molar-refractivity contribution in [2.75, 3.05) is 39.3 Å². The Bertz CT molecular complexity index is 705. The minimum absolute atomic E-state index is 0.0712. The highest BCUT2D eigenvalue weighted by atomic mass is 19.1. The van der Waals surface area contributed by atoms with Gasteiger partial charge in [-0.05, 0) is 30.7 Å². The van der Waals surface area contributed by atoms with E-state index in [1.165, 1.54) is 12.1 Å². The average Bonchev–Trinajstić information content (AvgIpc) is 2.84. The number of halogens is 1. The van der Waals surface area contributed by atoms with Gasteiger partial charge in [0.1, 0.15) is 5.82 Å². The summed E-state index contributed by atoms with van der Waals surface area (Å²) in [4.78, 5) is 19.8. The first-order valence-electron chi connectivity index (χ1n) is 7.96. The second kappa shape index (κ2) is 6.68. The zero-order valence-electron chi connectivity index (χ0n) is 13.3. The number of aryl methyl sites for hydroxylation is 1. The van der Waals surface area contributed by atoms with Crippen molar-refractivity contribution in [2.45, 2.75) is 13.3 Å². The van der Waals surface area contributed by atoms with Gasteiger partial charge >= 0.3 is 0 Å². The molecule has 5 nitrogen and oxygen atoms in total. The smallest absolute Gasteiger partial charge is 0.227 e. The van der Waals surface area contributed by atoms with Crippen LogP contribution in [-0.4, -0.2) is 65.1 Å². The first-order chi connectivity index (χ1) is 11.1. The van der Waals surface area contributed by atoms with Crippen molar-refractivity contribution < 1.29 is 14.3 Å². The van der Waals surface area contributed by atoms with E-state index in [-0.39, 0.29) is 24.8 Å². The Morgan fingerprint density at radius 2 is 2.04 bits per heavy atom. The van der Waals surface area contributed by atoms with Gasteiger partial charge in [0, 0.05) is 49.3 Å². The van der Waals surface area contributed by atoms with Crippen LogP contribution in [0.3, 0.4) is 0 Å². The topological polar surface area (TPSA) is 59.6 Å². The van der Waals surface area contributed by atoms with Gasteiger partial charge in [0.25, 0.3) is 0 Å². The average molecular weight is 319 g/mol. The van der Waals surface area contributed by atoms with Crippen molar-refractivity contribution in [3.8, 4) is 0 Å². The summed E-state index contributed by atoms with van der Waals surface area (Å²) in [5.74, 6) is -0.218. The van der Waals surface area contributed by atoms with Crippen molar-refractivity contribution in [2.24, 2.45) is 0 Å². The molecule has 1 amide bonds. The molecule has 6 heteroatoms. The van der Waals surface area contributed by atoms with Gasteiger partial charge < -0.3 is 15.0 Å². The lowest BCUT2D eigenvalue weighted by Crippen LogP contribution is -2.49. The number of piperazine rings is 1. The van der Waals surface area contributed by atoms with E-state index in [2.05, 4.69) is 9.88 Å². The molecule has 0 unspecified atom stereocenters. The molecular weight excluding hydrogens is 297 g/mol. The largest absolute Gasteiger partial charge is 0.395 e. The molecule has 0 spiro atoms. The fourth-order valence-electron chi connectivity index (χ4n) is 3.21. The van der Waals surface area contributed by atoms with E-state index in [1.54, 1.807) is 6.07 Å². The lowest BCUT2D eigenvalue weighted by molar-refractivity contribution is -0.132. The van der Waals surface area contributed by atoms with E-state index in [1.807, 2.05) is 11.8 Å². The van der Waals surface area contributed by atoms with Gasteiger partial charge in [-0.15, -0.1) is 0 Å². The SMILES string of the molecule is Cc1[nH]c2ccc(F)cc2c1CC(=O)N1CCN(CCO)CC1. The summed E-state index contributed by atoms with van der Waals surface area (Å²) in [6.07, 6.45) is 0.287. The number of hydrogen-bond donors (Lipinski definition) is 2. The van der Waals surface area contributed by atoms with E-state index in [4.69, 9.17) is 5.11 Å². The van der Waals surface area contributed by atoms with Crippen molar-refractivity contribution in [1.29, 1.82) is 0 Å². The number of β-amino-alcohol motifs (C(OH)–C–C–N with tert-alkyl or cyclic N) is 1. The lowest BCUT2D eigenvalue weighted by atomic mass is 10.1. The molecule has 1 aromatic heterocycles. The molecule has 1 aliphatic heterocycles. The number of hydrogen-bond acceptors (Lipinski definition) is 3. The molecule has 124 valence electrons. The highest BCUT2D eigenvalue weighted by Gasteiger charge is 2.22. The fraction of sp³-hybridized carbons (Fsp3) is 0.471. The second-order valence-electron chi connectivity index (χ2n) is 6.04. The van der Waals surface area contributed by atoms with Crippen LogP contribution >= 0.6 is 0 Å². The normalized spacial score (nSPS) is 16.2. The molecule has 1 saturated heterocycles. The predicted octanol–water partition coefficient (Wildman–Crippen LogP) is 1.29. The maximum atomic E-state index is 13.5. The van der Waals surface area contributed by atoms with Crippen LogP contribution in [0.15, 0.2) is 18.2 Å². The van der Waals surface area contributed by atoms with Crippen molar-refractivity contribution >= 4 is 16.8 Å². The molecule has 2 N–H and O–H groups in total. The predicted molar refractivity (Wildman–Crippen MR) is 86.8 cm³/mol. The number of aromatic nitrogens is 1. The van der Waals surface area contributed by atoms with Gasteiger partial charge in [0.05, 0.1) is 13.0 Å². The summed E-state index contributed by atoms with van der Waals surface area (Å²) in [6, 6.07) is 4.62. The molecule has 1 aromatic carbocycles. The number of H-pyrrole nitrogens is 1. The molecule has 3 rings (SSSR count). The molecule has 2 heterocycles. The summed E-state index contributed by atoms with van der Waals surface area (Å²) >= 11 is 0. The number of fused-ring (bicyclic) bond motifs is 1. The lowest BCUT2D eigenvalue weighted by Gasteiger charge is -2.34. The number of aliphatic hydroxyl groups is 1. The summed E-state index contributed by atoms with van der Waals surface area (Å²) in [7, 11) is 0. The summed E-state index contributed by atoms with van der Waals surface area (Å²) in [5.41, 5.74) is 2.65. The van der Waals surface area contributed by atoms with Gasteiger partial charge in [-0.25, -0.2) is 4.39 Å². The van der Waals surface area contributed by atoms with Crippen molar-refractivity contribution in [3.05, 3.63) is 35.3 Å². The number of carbonyl (C=O) groups excluding carboxylic acids is 1. The minimum Gasteiger partial charge on any atom is -0.395 e. The number of carbonyl (C=O) groups is 1. The Balaban J connectivity index is 1.71. The van der Waals surface area contributed by atoms with Crippen LogP contribution in [0.2, 0.25) is 0 Å². The highest BCUT2D eigenvalue weighted by molar-refractivity contribution is 5.90. The minimum atomic E-state index is -0.289. The molecular formula is C17H22FN3O2. The number of nitrogens with one attached hydrogen (secondary N) is 1. The molecule has 0 aliphatic carbocycles. The maximum absolute atomic E-state index is 13.5. The van der Waals surface area contributed by atoms with E-state index in [9.17, 15) is 9.18 Å². The summed E-state index contributed by atoms with van der Waals surface area (Å²) < 4.78 is 13.5. The Hall–Kier alpha value is -1.92. The van der Waals surface area contributed by atoms with Crippen LogP contribution in [0.5, 0.6) is 0 Å². The zero-order chi connectivity index (χ0) is 16.4.